The van der Waals surface area contributed by atoms with Crippen molar-refractivity contribution in [2.24, 2.45) is 0 Å². The minimum atomic E-state index is 0.542. The molecule has 0 aromatic carbocycles. The summed E-state index contributed by atoms with van der Waals surface area (Å²) in [4.78, 5) is 0. The smallest absolute Gasteiger partial charge is 0.0615 e. The molecule has 0 amide bonds. The number of likely N-dealkylation sites (N-methyl/N-ethyl adjacent to an activating group) is 1. The summed E-state index contributed by atoms with van der Waals surface area (Å²) in [6.07, 6.45) is 2.42. The zero-order valence-electron chi connectivity index (χ0n) is 6.61. The molecule has 2 nitrogen and oxygen atoms in total. The Balaban J connectivity index is 3.18. The van der Waals surface area contributed by atoms with E-state index in [0.29, 0.717) is 6.04 Å². The molecular weight excluding hydrogens is 114 g/mol. The molecule has 0 saturated heterocycles. The average molecular weight is 131 g/mol. The lowest BCUT2D eigenvalue weighted by Crippen LogP contribution is -2.29. The van der Waals surface area contributed by atoms with Gasteiger partial charge in [-0.2, -0.15) is 0 Å². The predicted molar refractivity (Wildman–Crippen MR) is 39.6 cm³/mol. The van der Waals surface area contributed by atoms with Gasteiger partial charge in [0.2, 0.25) is 0 Å². The molecule has 9 heavy (non-hydrogen) atoms. The summed E-state index contributed by atoms with van der Waals surface area (Å²) in [5, 5.41) is 3.18. The minimum absolute atomic E-state index is 0.542. The highest BCUT2D eigenvalue weighted by atomic mass is 16.5. The van der Waals surface area contributed by atoms with E-state index in [0.717, 1.165) is 6.61 Å². The molecule has 0 fully saturated rings. The van der Waals surface area contributed by atoms with Gasteiger partial charge in [0.1, 0.15) is 0 Å². The molecule has 0 aromatic heterocycles. The summed E-state index contributed by atoms with van der Waals surface area (Å²) in [7, 11) is 3.71. The van der Waals surface area contributed by atoms with Crippen molar-refractivity contribution in [1.29, 1.82) is 0 Å². The molecule has 1 unspecified atom stereocenters. The van der Waals surface area contributed by atoms with Gasteiger partial charge in [-0.25, -0.2) is 0 Å². The summed E-state index contributed by atoms with van der Waals surface area (Å²) in [6, 6.07) is 0.542. The van der Waals surface area contributed by atoms with Crippen LogP contribution in [0.2, 0.25) is 0 Å². The molecule has 0 aliphatic heterocycles. The largest absolute Gasteiger partial charge is 0.383 e. The first kappa shape index (κ1) is 8.92. The van der Waals surface area contributed by atoms with Gasteiger partial charge in [-0.1, -0.05) is 13.3 Å². The lowest BCUT2D eigenvalue weighted by atomic mass is 10.2. The van der Waals surface area contributed by atoms with Crippen molar-refractivity contribution >= 4 is 0 Å². The fourth-order valence-electron chi connectivity index (χ4n) is 0.861. The van der Waals surface area contributed by atoms with Gasteiger partial charge in [-0.15, -0.1) is 0 Å². The second-order valence-corrected chi connectivity index (χ2v) is 2.23. The van der Waals surface area contributed by atoms with Crippen molar-refractivity contribution < 1.29 is 4.74 Å². The fraction of sp³-hybridized carbons (Fsp3) is 1.00. The zero-order chi connectivity index (χ0) is 7.11. The van der Waals surface area contributed by atoms with Crippen LogP contribution in [0.4, 0.5) is 0 Å². The van der Waals surface area contributed by atoms with Crippen molar-refractivity contribution in [2.75, 3.05) is 20.8 Å². The Kier molecular flexibility index (Phi) is 5.99. The van der Waals surface area contributed by atoms with E-state index in [1.165, 1.54) is 12.8 Å². The summed E-state index contributed by atoms with van der Waals surface area (Å²) in [5.74, 6) is 0. The number of rotatable bonds is 5. The van der Waals surface area contributed by atoms with Crippen LogP contribution >= 0.6 is 0 Å². The van der Waals surface area contributed by atoms with Crippen LogP contribution in [0.1, 0.15) is 19.8 Å². The minimum Gasteiger partial charge on any atom is -0.383 e. The van der Waals surface area contributed by atoms with E-state index in [9.17, 15) is 0 Å². The van der Waals surface area contributed by atoms with Crippen LogP contribution in [0.15, 0.2) is 0 Å². The fourth-order valence-corrected chi connectivity index (χ4v) is 0.861. The van der Waals surface area contributed by atoms with E-state index < -0.39 is 0 Å². The van der Waals surface area contributed by atoms with E-state index in [1.807, 2.05) is 7.05 Å². The van der Waals surface area contributed by atoms with Gasteiger partial charge in [0, 0.05) is 13.2 Å². The first-order valence-electron chi connectivity index (χ1n) is 3.51. The van der Waals surface area contributed by atoms with Crippen molar-refractivity contribution in [1.82, 2.24) is 5.32 Å². The first-order valence-corrected chi connectivity index (χ1v) is 3.51. The molecule has 2 heteroatoms. The number of hydrogen-bond donors (Lipinski definition) is 1. The third-order valence-corrected chi connectivity index (χ3v) is 1.41. The van der Waals surface area contributed by atoms with Crippen molar-refractivity contribution in [3.05, 3.63) is 0 Å². The average Bonchev–Trinajstić information content (AvgIpc) is 1.88. The van der Waals surface area contributed by atoms with Gasteiger partial charge in [-0.05, 0) is 13.5 Å². The number of ether oxygens (including phenoxy) is 1. The molecule has 0 aromatic rings. The summed E-state index contributed by atoms with van der Waals surface area (Å²) < 4.78 is 4.98. The summed E-state index contributed by atoms with van der Waals surface area (Å²) in [5.41, 5.74) is 0. The Morgan fingerprint density at radius 3 is 2.56 bits per heavy atom. The summed E-state index contributed by atoms with van der Waals surface area (Å²) in [6.45, 7) is 3.00. The number of nitrogens with one attached hydrogen (secondary N) is 1. The standard InChI is InChI=1S/C7H17NO/c1-4-5-7(8-2)6-9-3/h7-8H,4-6H2,1-3H3. The highest BCUT2D eigenvalue weighted by Crippen LogP contribution is 1.94. The van der Waals surface area contributed by atoms with Crippen LogP contribution in [-0.4, -0.2) is 26.8 Å². The second kappa shape index (κ2) is 6.05. The normalized spacial score (nSPS) is 13.7. The van der Waals surface area contributed by atoms with Crippen LogP contribution in [0, 0.1) is 0 Å². The van der Waals surface area contributed by atoms with Crippen molar-refractivity contribution in [2.45, 2.75) is 25.8 Å². The Morgan fingerprint density at radius 2 is 2.22 bits per heavy atom. The Bertz CT molecular complexity index is 50.9. The molecule has 56 valence electrons. The van der Waals surface area contributed by atoms with Gasteiger partial charge < -0.3 is 10.1 Å². The molecule has 0 radical (unpaired) electrons. The van der Waals surface area contributed by atoms with Gasteiger partial charge in [0.25, 0.3) is 0 Å². The molecule has 0 aliphatic carbocycles. The molecule has 0 bridgehead atoms. The maximum atomic E-state index is 4.98. The quantitative estimate of drug-likeness (QED) is 0.601. The Morgan fingerprint density at radius 1 is 1.56 bits per heavy atom. The molecule has 0 saturated carbocycles. The lowest BCUT2D eigenvalue weighted by molar-refractivity contribution is 0.165. The molecule has 0 rings (SSSR count). The highest BCUT2D eigenvalue weighted by molar-refractivity contribution is 4.60. The summed E-state index contributed by atoms with van der Waals surface area (Å²) >= 11 is 0. The lowest BCUT2D eigenvalue weighted by Gasteiger charge is -2.12. The molecule has 0 spiro atoms. The topological polar surface area (TPSA) is 21.3 Å². The van der Waals surface area contributed by atoms with Crippen molar-refractivity contribution in [3.8, 4) is 0 Å². The van der Waals surface area contributed by atoms with Gasteiger partial charge in [0.05, 0.1) is 6.61 Å². The van der Waals surface area contributed by atoms with E-state index in [-0.39, 0.29) is 0 Å². The van der Waals surface area contributed by atoms with Crippen LogP contribution in [0.5, 0.6) is 0 Å². The van der Waals surface area contributed by atoms with Crippen LogP contribution in [0.3, 0.4) is 0 Å². The van der Waals surface area contributed by atoms with E-state index >= 15 is 0 Å². The maximum Gasteiger partial charge on any atom is 0.0615 e. The van der Waals surface area contributed by atoms with E-state index in [2.05, 4.69) is 12.2 Å². The second-order valence-electron chi connectivity index (χ2n) is 2.23. The first-order chi connectivity index (χ1) is 4.35. The SMILES string of the molecule is CCCC(COC)NC. The zero-order valence-corrected chi connectivity index (χ0v) is 6.61. The predicted octanol–water partition coefficient (Wildman–Crippen LogP) is 1.02. The maximum absolute atomic E-state index is 4.98. The molecular formula is C7H17NO. The number of hydrogen-bond acceptors (Lipinski definition) is 2. The van der Waals surface area contributed by atoms with E-state index in [1.54, 1.807) is 7.11 Å². The third kappa shape index (κ3) is 4.43. The monoisotopic (exact) mass is 131 g/mol. The molecule has 0 heterocycles. The Labute approximate surface area is 57.6 Å². The third-order valence-electron chi connectivity index (χ3n) is 1.41. The Hall–Kier alpha value is -0.0800. The van der Waals surface area contributed by atoms with Crippen LogP contribution in [-0.2, 0) is 4.74 Å². The number of methoxy groups -OCH3 is 1. The molecule has 1 atom stereocenters. The highest BCUT2D eigenvalue weighted by Gasteiger charge is 2.01. The van der Waals surface area contributed by atoms with E-state index in [4.69, 9.17) is 4.74 Å². The van der Waals surface area contributed by atoms with Gasteiger partial charge in [0.15, 0.2) is 0 Å². The van der Waals surface area contributed by atoms with Crippen molar-refractivity contribution in [3.63, 3.8) is 0 Å². The van der Waals surface area contributed by atoms with Gasteiger partial charge >= 0.3 is 0 Å². The van der Waals surface area contributed by atoms with Gasteiger partial charge in [-0.3, -0.25) is 0 Å². The molecule has 1 N–H and O–H groups in total. The van der Waals surface area contributed by atoms with Crippen LogP contribution < -0.4 is 5.32 Å². The molecule has 0 aliphatic rings. The van der Waals surface area contributed by atoms with Crippen LogP contribution in [0.25, 0.3) is 0 Å².